The summed E-state index contributed by atoms with van der Waals surface area (Å²) in [6.07, 6.45) is 0.418. The van der Waals surface area contributed by atoms with Crippen molar-refractivity contribution in [3.8, 4) is 0 Å². The molecule has 1 fully saturated rings. The minimum Gasteiger partial charge on any atom is -0.466 e. The molecule has 0 aromatic heterocycles. The SMILES string of the molecule is CC(=O)OCC1C[C@@H](SC(C)=O)C(OC(C)=O)[C@@H](C)[C@@H]1C. The maximum absolute atomic E-state index is 11.4. The van der Waals surface area contributed by atoms with Crippen LogP contribution >= 0.6 is 11.8 Å². The van der Waals surface area contributed by atoms with Crippen molar-refractivity contribution in [2.45, 2.75) is 52.4 Å². The van der Waals surface area contributed by atoms with Crippen molar-refractivity contribution < 1.29 is 23.9 Å². The van der Waals surface area contributed by atoms with Gasteiger partial charge in [-0.25, -0.2) is 0 Å². The average Bonchev–Trinajstić information content (AvgIpc) is 2.35. The van der Waals surface area contributed by atoms with Gasteiger partial charge in [-0.15, -0.1) is 0 Å². The summed E-state index contributed by atoms with van der Waals surface area (Å²) in [5, 5.41) is -0.0803. The molecule has 1 aliphatic rings. The number of ether oxygens (including phenoxy) is 2. The number of hydrogen-bond donors (Lipinski definition) is 0. The van der Waals surface area contributed by atoms with Gasteiger partial charge in [-0.1, -0.05) is 25.6 Å². The van der Waals surface area contributed by atoms with Crippen LogP contribution in [0.5, 0.6) is 0 Å². The van der Waals surface area contributed by atoms with Crippen LogP contribution < -0.4 is 0 Å². The first-order valence-corrected chi connectivity index (χ1v) is 8.08. The van der Waals surface area contributed by atoms with Gasteiger partial charge in [0.05, 0.1) is 11.9 Å². The lowest BCUT2D eigenvalue weighted by Crippen LogP contribution is -2.47. The molecule has 0 radical (unpaired) electrons. The van der Waals surface area contributed by atoms with E-state index in [2.05, 4.69) is 6.92 Å². The van der Waals surface area contributed by atoms with Gasteiger partial charge in [-0.2, -0.15) is 0 Å². The third-order valence-corrected chi connectivity index (χ3v) is 5.21. The molecule has 0 aliphatic heterocycles. The van der Waals surface area contributed by atoms with Gasteiger partial charge in [0.2, 0.25) is 0 Å². The first-order chi connectivity index (χ1) is 9.72. The smallest absolute Gasteiger partial charge is 0.302 e. The molecule has 0 amide bonds. The van der Waals surface area contributed by atoms with Crippen molar-refractivity contribution >= 4 is 28.8 Å². The first kappa shape index (κ1) is 18.0. The van der Waals surface area contributed by atoms with Crippen molar-refractivity contribution in [1.82, 2.24) is 0 Å². The number of carbonyl (C=O) groups excluding carboxylic acids is 3. The van der Waals surface area contributed by atoms with Crippen LogP contribution in [0.3, 0.4) is 0 Å². The molecule has 0 bridgehead atoms. The lowest BCUT2D eigenvalue weighted by molar-refractivity contribution is -0.154. The van der Waals surface area contributed by atoms with Crippen LogP contribution in [0.1, 0.15) is 41.0 Å². The van der Waals surface area contributed by atoms with E-state index in [1.807, 2.05) is 6.92 Å². The number of hydrogen-bond acceptors (Lipinski definition) is 6. The molecule has 1 aliphatic carbocycles. The van der Waals surface area contributed by atoms with Crippen molar-refractivity contribution in [1.29, 1.82) is 0 Å². The maximum atomic E-state index is 11.4. The average molecular weight is 316 g/mol. The Bertz CT molecular complexity index is 407. The van der Waals surface area contributed by atoms with E-state index in [9.17, 15) is 14.4 Å². The number of esters is 2. The standard InChI is InChI=1S/C15H24O5S/c1-8-9(2)15(20-11(4)17)14(21-12(5)18)6-13(8)7-19-10(3)16/h8-9,13-15H,6-7H2,1-5H3/t8-,9-,13?,14+,15?/m0/s1. The molecule has 0 aromatic rings. The second kappa shape index (κ2) is 7.82. The highest BCUT2D eigenvalue weighted by Crippen LogP contribution is 2.41. The molecule has 0 spiro atoms. The lowest BCUT2D eigenvalue weighted by atomic mass is 9.72. The molecule has 2 unspecified atom stereocenters. The molecule has 5 nitrogen and oxygen atoms in total. The fraction of sp³-hybridized carbons (Fsp3) is 0.800. The summed E-state index contributed by atoms with van der Waals surface area (Å²) in [4.78, 5) is 33.7. The molecule has 0 heterocycles. The van der Waals surface area contributed by atoms with Gasteiger partial charge in [-0.05, 0) is 24.2 Å². The van der Waals surface area contributed by atoms with Crippen LogP contribution in [0, 0.1) is 17.8 Å². The van der Waals surface area contributed by atoms with Crippen LogP contribution in [0.2, 0.25) is 0 Å². The van der Waals surface area contributed by atoms with Gasteiger partial charge in [0, 0.05) is 20.8 Å². The third-order valence-electron chi connectivity index (χ3n) is 4.11. The summed E-state index contributed by atoms with van der Waals surface area (Å²) in [5.41, 5.74) is 0. The third kappa shape index (κ3) is 5.34. The van der Waals surface area contributed by atoms with Gasteiger partial charge in [0.1, 0.15) is 6.10 Å². The predicted molar refractivity (Wildman–Crippen MR) is 80.7 cm³/mol. The Kier molecular flexibility index (Phi) is 6.71. The Morgan fingerprint density at radius 3 is 2.14 bits per heavy atom. The normalized spacial score (nSPS) is 32.3. The van der Waals surface area contributed by atoms with E-state index in [1.54, 1.807) is 0 Å². The minimum absolute atomic E-state index is 0.00476. The van der Waals surface area contributed by atoms with Crippen LogP contribution in [0.25, 0.3) is 0 Å². The monoisotopic (exact) mass is 316 g/mol. The first-order valence-electron chi connectivity index (χ1n) is 7.20. The minimum atomic E-state index is -0.327. The van der Waals surface area contributed by atoms with Crippen molar-refractivity contribution in [3.05, 3.63) is 0 Å². The van der Waals surface area contributed by atoms with Crippen molar-refractivity contribution in [3.63, 3.8) is 0 Å². The zero-order valence-electron chi connectivity index (χ0n) is 13.3. The molecule has 0 N–H and O–H groups in total. The largest absolute Gasteiger partial charge is 0.466 e. The molecule has 6 heteroatoms. The van der Waals surface area contributed by atoms with E-state index in [4.69, 9.17) is 9.47 Å². The summed E-state index contributed by atoms with van der Waals surface area (Å²) < 4.78 is 10.6. The molecule has 120 valence electrons. The van der Waals surface area contributed by atoms with E-state index < -0.39 is 0 Å². The van der Waals surface area contributed by atoms with Crippen LogP contribution in [0.15, 0.2) is 0 Å². The summed E-state index contributed by atoms with van der Waals surface area (Å²) in [5.74, 6) is -0.0931. The molecular weight excluding hydrogens is 292 g/mol. The second-order valence-electron chi connectivity index (χ2n) is 5.74. The van der Waals surface area contributed by atoms with E-state index in [-0.39, 0.29) is 46.2 Å². The predicted octanol–water partition coefficient (Wildman–Crippen LogP) is 2.42. The fourth-order valence-electron chi connectivity index (χ4n) is 2.86. The highest BCUT2D eigenvalue weighted by molar-refractivity contribution is 8.14. The molecule has 0 saturated heterocycles. The Balaban J connectivity index is 2.84. The quantitative estimate of drug-likeness (QED) is 0.742. The highest BCUT2D eigenvalue weighted by Gasteiger charge is 2.43. The number of carbonyl (C=O) groups is 3. The van der Waals surface area contributed by atoms with Gasteiger partial charge in [0.25, 0.3) is 0 Å². The summed E-state index contributed by atoms with van der Waals surface area (Å²) in [6, 6.07) is 0. The maximum Gasteiger partial charge on any atom is 0.302 e. The molecule has 21 heavy (non-hydrogen) atoms. The Hall–Kier alpha value is -1.04. The summed E-state index contributed by atoms with van der Waals surface area (Å²) in [6.45, 7) is 8.73. The number of thioether (sulfide) groups is 1. The number of rotatable bonds is 4. The van der Waals surface area contributed by atoms with Gasteiger partial charge < -0.3 is 9.47 Å². The molecule has 1 rings (SSSR count). The second-order valence-corrected chi connectivity index (χ2v) is 7.15. The fourth-order valence-corrected chi connectivity index (χ4v) is 4.07. The lowest BCUT2D eigenvalue weighted by Gasteiger charge is -2.43. The molecule has 1 saturated carbocycles. The van der Waals surface area contributed by atoms with E-state index in [0.29, 0.717) is 13.0 Å². The summed E-state index contributed by atoms with van der Waals surface area (Å²) >= 11 is 1.21. The highest BCUT2D eigenvalue weighted by atomic mass is 32.2. The van der Waals surface area contributed by atoms with Crippen LogP contribution in [0.4, 0.5) is 0 Å². The Morgan fingerprint density at radius 1 is 1.05 bits per heavy atom. The van der Waals surface area contributed by atoms with Crippen LogP contribution in [-0.4, -0.2) is 35.0 Å². The Morgan fingerprint density at radius 2 is 1.67 bits per heavy atom. The molecular formula is C15H24O5S. The van der Waals surface area contributed by atoms with Gasteiger partial charge in [0.15, 0.2) is 5.12 Å². The zero-order chi connectivity index (χ0) is 16.2. The summed E-state index contributed by atoms with van der Waals surface area (Å²) in [7, 11) is 0. The van der Waals surface area contributed by atoms with Crippen molar-refractivity contribution in [2.75, 3.05) is 6.61 Å². The van der Waals surface area contributed by atoms with E-state index in [0.717, 1.165) is 0 Å². The van der Waals surface area contributed by atoms with Gasteiger partial charge >= 0.3 is 11.9 Å². The van der Waals surface area contributed by atoms with E-state index >= 15 is 0 Å². The zero-order valence-corrected chi connectivity index (χ0v) is 14.1. The van der Waals surface area contributed by atoms with E-state index in [1.165, 1.54) is 32.5 Å². The van der Waals surface area contributed by atoms with Crippen LogP contribution in [-0.2, 0) is 23.9 Å². The molecule has 5 atom stereocenters. The topological polar surface area (TPSA) is 69.7 Å². The van der Waals surface area contributed by atoms with Crippen molar-refractivity contribution in [2.24, 2.45) is 17.8 Å². The Labute approximate surface area is 130 Å². The van der Waals surface area contributed by atoms with Gasteiger partial charge in [-0.3, -0.25) is 14.4 Å². The molecule has 0 aromatic carbocycles.